The molecule has 0 aliphatic carbocycles. The summed E-state index contributed by atoms with van der Waals surface area (Å²) in [5.74, 6) is 0.430. The molecule has 0 spiro atoms. The van der Waals surface area contributed by atoms with E-state index in [1.54, 1.807) is 22.2 Å². The van der Waals surface area contributed by atoms with Gasteiger partial charge in [-0.3, -0.25) is 9.36 Å². The van der Waals surface area contributed by atoms with Gasteiger partial charge in [-0.2, -0.15) is 0 Å². The Morgan fingerprint density at radius 2 is 2.00 bits per heavy atom. The average molecular weight is 284 g/mol. The lowest BCUT2D eigenvalue weighted by Gasteiger charge is -2.07. The Balaban J connectivity index is 2.12. The van der Waals surface area contributed by atoms with Crippen LogP contribution in [0.3, 0.4) is 0 Å². The first-order valence-corrected chi connectivity index (χ1v) is 7.51. The molecule has 0 fully saturated rings. The van der Waals surface area contributed by atoms with Crippen LogP contribution < -0.4 is 5.56 Å². The highest BCUT2D eigenvalue weighted by atomic mass is 32.1. The maximum absolute atomic E-state index is 12.4. The third-order valence-electron chi connectivity index (χ3n) is 3.14. The number of benzene rings is 1. The number of fused-ring (bicyclic) bond motifs is 1. The molecule has 0 aliphatic rings. The van der Waals surface area contributed by atoms with Gasteiger partial charge in [-0.25, -0.2) is 4.98 Å². The van der Waals surface area contributed by atoms with Gasteiger partial charge in [0.25, 0.3) is 5.56 Å². The molecule has 0 bridgehead atoms. The second-order valence-corrected chi connectivity index (χ2v) is 6.32. The van der Waals surface area contributed by atoms with Gasteiger partial charge in [0.15, 0.2) is 0 Å². The normalized spacial score (nSPS) is 11.3. The Kier molecular flexibility index (Phi) is 3.40. The van der Waals surface area contributed by atoms with Crippen LogP contribution in [0, 0.1) is 5.92 Å². The molecule has 3 nitrogen and oxygen atoms in total. The lowest BCUT2D eigenvalue weighted by molar-refractivity contribution is 0.508. The second-order valence-electron chi connectivity index (χ2n) is 5.29. The fourth-order valence-electron chi connectivity index (χ4n) is 2.23. The SMILES string of the molecule is CC(C)Cn1cnc2sc(-c3ccccc3)cc2c1=O. The number of hydrogen-bond acceptors (Lipinski definition) is 3. The van der Waals surface area contributed by atoms with Gasteiger partial charge in [-0.15, -0.1) is 11.3 Å². The van der Waals surface area contributed by atoms with Gasteiger partial charge < -0.3 is 0 Å². The molecule has 3 aromatic rings. The molecular formula is C16H16N2OS. The van der Waals surface area contributed by atoms with Crippen molar-refractivity contribution >= 4 is 21.6 Å². The third-order valence-corrected chi connectivity index (χ3v) is 4.23. The van der Waals surface area contributed by atoms with Crippen molar-refractivity contribution in [3.05, 3.63) is 53.1 Å². The van der Waals surface area contributed by atoms with Crippen LogP contribution in [-0.2, 0) is 6.54 Å². The monoisotopic (exact) mass is 284 g/mol. The lowest BCUT2D eigenvalue weighted by atomic mass is 10.2. The molecule has 0 radical (unpaired) electrons. The zero-order valence-electron chi connectivity index (χ0n) is 11.5. The Bertz CT molecular complexity index is 787. The smallest absolute Gasteiger partial charge is 0.262 e. The highest BCUT2D eigenvalue weighted by Gasteiger charge is 2.10. The average Bonchev–Trinajstić information content (AvgIpc) is 2.87. The van der Waals surface area contributed by atoms with E-state index in [9.17, 15) is 4.79 Å². The molecule has 0 N–H and O–H groups in total. The van der Waals surface area contributed by atoms with Gasteiger partial charge in [0, 0.05) is 11.4 Å². The Labute approximate surface area is 121 Å². The Morgan fingerprint density at radius 1 is 1.25 bits per heavy atom. The summed E-state index contributed by atoms with van der Waals surface area (Å²) in [6, 6.07) is 12.1. The molecular weight excluding hydrogens is 268 g/mol. The van der Waals surface area contributed by atoms with Gasteiger partial charge >= 0.3 is 0 Å². The lowest BCUT2D eigenvalue weighted by Crippen LogP contribution is -2.22. The first kappa shape index (κ1) is 13.1. The molecule has 0 amide bonds. The van der Waals surface area contributed by atoms with E-state index in [-0.39, 0.29) is 5.56 Å². The molecule has 3 rings (SSSR count). The molecule has 0 aliphatic heterocycles. The predicted molar refractivity (Wildman–Crippen MR) is 84.2 cm³/mol. The van der Waals surface area contributed by atoms with E-state index in [4.69, 9.17) is 0 Å². The van der Waals surface area contributed by atoms with Gasteiger partial charge in [0.2, 0.25) is 0 Å². The number of aromatic nitrogens is 2. The highest BCUT2D eigenvalue weighted by Crippen LogP contribution is 2.30. The molecule has 0 unspecified atom stereocenters. The molecule has 0 saturated carbocycles. The summed E-state index contributed by atoms with van der Waals surface area (Å²) in [6.07, 6.45) is 1.66. The summed E-state index contributed by atoms with van der Waals surface area (Å²) in [6.45, 7) is 4.90. The van der Waals surface area contributed by atoms with E-state index in [1.165, 1.54) is 0 Å². The van der Waals surface area contributed by atoms with E-state index in [1.807, 2.05) is 24.3 Å². The molecule has 0 atom stereocenters. The van der Waals surface area contributed by atoms with Gasteiger partial charge in [0.1, 0.15) is 4.83 Å². The summed E-state index contributed by atoms with van der Waals surface area (Å²) < 4.78 is 1.70. The van der Waals surface area contributed by atoms with Crippen molar-refractivity contribution in [3.63, 3.8) is 0 Å². The van der Waals surface area contributed by atoms with E-state index < -0.39 is 0 Å². The largest absolute Gasteiger partial charge is 0.298 e. The van der Waals surface area contributed by atoms with Crippen LogP contribution in [0.25, 0.3) is 20.7 Å². The molecule has 2 heterocycles. The first-order chi connectivity index (χ1) is 9.65. The fourth-order valence-corrected chi connectivity index (χ4v) is 3.22. The second kappa shape index (κ2) is 5.21. The van der Waals surface area contributed by atoms with Crippen LogP contribution in [0.1, 0.15) is 13.8 Å². The molecule has 102 valence electrons. The minimum atomic E-state index is 0.0575. The fraction of sp³-hybridized carbons (Fsp3) is 0.250. The summed E-state index contributed by atoms with van der Waals surface area (Å²) in [5.41, 5.74) is 1.19. The summed E-state index contributed by atoms with van der Waals surface area (Å²) in [5, 5.41) is 0.719. The van der Waals surface area contributed by atoms with Crippen LogP contribution in [0.4, 0.5) is 0 Å². The number of hydrogen-bond donors (Lipinski definition) is 0. The summed E-state index contributed by atoms with van der Waals surface area (Å²) >= 11 is 1.57. The van der Waals surface area contributed by atoms with E-state index >= 15 is 0 Å². The molecule has 2 aromatic heterocycles. The van der Waals surface area contributed by atoms with Crippen molar-refractivity contribution in [1.29, 1.82) is 0 Å². The van der Waals surface area contributed by atoms with Crippen LogP contribution in [-0.4, -0.2) is 9.55 Å². The first-order valence-electron chi connectivity index (χ1n) is 6.69. The van der Waals surface area contributed by atoms with Crippen molar-refractivity contribution in [3.8, 4) is 10.4 Å². The van der Waals surface area contributed by atoms with Crippen LogP contribution >= 0.6 is 11.3 Å². The zero-order valence-corrected chi connectivity index (χ0v) is 12.4. The maximum Gasteiger partial charge on any atom is 0.262 e. The van der Waals surface area contributed by atoms with Crippen LogP contribution in [0.5, 0.6) is 0 Å². The van der Waals surface area contributed by atoms with Gasteiger partial charge in [-0.05, 0) is 17.5 Å². The van der Waals surface area contributed by atoms with E-state index in [0.717, 1.165) is 20.7 Å². The quantitative estimate of drug-likeness (QED) is 0.733. The van der Waals surface area contributed by atoms with Crippen molar-refractivity contribution < 1.29 is 0 Å². The third kappa shape index (κ3) is 2.39. The minimum absolute atomic E-state index is 0.0575. The topological polar surface area (TPSA) is 34.9 Å². The minimum Gasteiger partial charge on any atom is -0.298 e. The highest BCUT2D eigenvalue weighted by molar-refractivity contribution is 7.21. The van der Waals surface area contributed by atoms with Crippen LogP contribution in [0.2, 0.25) is 0 Å². The van der Waals surface area contributed by atoms with Crippen molar-refractivity contribution in [2.75, 3.05) is 0 Å². The van der Waals surface area contributed by atoms with E-state index in [2.05, 4.69) is 31.0 Å². The summed E-state index contributed by atoms with van der Waals surface area (Å²) in [4.78, 5) is 18.8. The predicted octanol–water partition coefficient (Wildman–Crippen LogP) is 3.78. The summed E-state index contributed by atoms with van der Waals surface area (Å²) in [7, 11) is 0. The molecule has 20 heavy (non-hydrogen) atoms. The number of nitrogens with zero attached hydrogens (tertiary/aromatic N) is 2. The number of rotatable bonds is 3. The van der Waals surface area contributed by atoms with Crippen molar-refractivity contribution in [1.82, 2.24) is 9.55 Å². The zero-order chi connectivity index (χ0) is 14.1. The maximum atomic E-state index is 12.4. The van der Waals surface area contributed by atoms with Crippen molar-refractivity contribution in [2.24, 2.45) is 5.92 Å². The standard InChI is InChI=1S/C16H16N2OS/c1-11(2)9-18-10-17-15-13(16(18)19)8-14(20-15)12-6-4-3-5-7-12/h3-8,10-11H,9H2,1-2H3. The van der Waals surface area contributed by atoms with Crippen molar-refractivity contribution in [2.45, 2.75) is 20.4 Å². The Hall–Kier alpha value is -1.94. The van der Waals surface area contributed by atoms with Gasteiger partial charge in [0.05, 0.1) is 11.7 Å². The molecule has 0 saturated heterocycles. The number of thiophene rings is 1. The Morgan fingerprint density at radius 3 is 2.70 bits per heavy atom. The molecule has 1 aromatic carbocycles. The van der Waals surface area contributed by atoms with Crippen LogP contribution in [0.15, 0.2) is 47.5 Å². The van der Waals surface area contributed by atoms with E-state index in [0.29, 0.717) is 12.5 Å². The van der Waals surface area contributed by atoms with Gasteiger partial charge in [-0.1, -0.05) is 44.2 Å². The molecule has 4 heteroatoms.